The van der Waals surface area contributed by atoms with Crippen LogP contribution in [0.5, 0.6) is 0 Å². The molecule has 0 aliphatic heterocycles. The Morgan fingerprint density at radius 1 is 1.21 bits per heavy atom. The molecule has 0 heterocycles. The molecule has 4 nitrogen and oxygen atoms in total. The fourth-order valence-corrected chi connectivity index (χ4v) is 6.17. The molecule has 1 saturated carbocycles. The van der Waals surface area contributed by atoms with Gasteiger partial charge >= 0.3 is 0 Å². The quantitative estimate of drug-likeness (QED) is 0.853. The van der Waals surface area contributed by atoms with Crippen molar-refractivity contribution < 1.29 is 13.5 Å². The van der Waals surface area contributed by atoms with Crippen molar-refractivity contribution in [2.45, 2.75) is 23.0 Å². The van der Waals surface area contributed by atoms with E-state index in [-0.39, 0.29) is 24.0 Å². The normalized spacial score (nSPS) is 26.3. The SMILES string of the molecule is Cc1ccc(S(=O)(=O)C2C(c3cccc(Cl)c3)C2(CN)CO)cc1. The summed E-state index contributed by atoms with van der Waals surface area (Å²) in [7, 11) is -3.61. The first-order valence-electron chi connectivity index (χ1n) is 7.74. The van der Waals surface area contributed by atoms with Gasteiger partial charge in [-0.05, 0) is 36.8 Å². The Bertz CT molecular complexity index is 845. The molecule has 3 unspecified atom stereocenters. The fraction of sp³-hybridized carbons (Fsp3) is 0.333. The number of benzene rings is 2. The van der Waals surface area contributed by atoms with Gasteiger partial charge in [0.1, 0.15) is 0 Å². The largest absolute Gasteiger partial charge is 0.396 e. The first kappa shape index (κ1) is 17.4. The van der Waals surface area contributed by atoms with E-state index < -0.39 is 20.5 Å². The first-order valence-corrected chi connectivity index (χ1v) is 9.66. The second kappa shape index (κ2) is 6.15. The van der Waals surface area contributed by atoms with Crippen LogP contribution >= 0.6 is 11.6 Å². The Balaban J connectivity index is 2.06. The molecular weight excluding hydrogens is 346 g/mol. The number of halogens is 1. The molecule has 2 aromatic carbocycles. The van der Waals surface area contributed by atoms with Crippen molar-refractivity contribution in [3.8, 4) is 0 Å². The van der Waals surface area contributed by atoms with Gasteiger partial charge in [0.05, 0.1) is 16.8 Å². The summed E-state index contributed by atoms with van der Waals surface area (Å²) < 4.78 is 26.2. The van der Waals surface area contributed by atoms with Gasteiger partial charge in [-0.1, -0.05) is 41.4 Å². The van der Waals surface area contributed by atoms with Gasteiger partial charge in [-0.3, -0.25) is 0 Å². The van der Waals surface area contributed by atoms with E-state index in [1.165, 1.54) is 0 Å². The maximum absolute atomic E-state index is 13.1. The molecule has 6 heteroatoms. The third-order valence-corrected chi connectivity index (χ3v) is 7.52. The monoisotopic (exact) mass is 365 g/mol. The summed E-state index contributed by atoms with van der Waals surface area (Å²) in [4.78, 5) is 0.258. The van der Waals surface area contributed by atoms with Gasteiger partial charge in [-0.2, -0.15) is 0 Å². The standard InChI is InChI=1S/C18H20ClNO3S/c1-12-5-7-15(8-6-12)24(22,23)17-16(18(17,10-20)11-21)13-3-2-4-14(19)9-13/h2-9,16-17,21H,10-11,20H2,1H3. The molecule has 0 spiro atoms. The van der Waals surface area contributed by atoms with E-state index in [1.54, 1.807) is 42.5 Å². The summed E-state index contributed by atoms with van der Waals surface area (Å²) in [6.07, 6.45) is 0. The van der Waals surface area contributed by atoms with Gasteiger partial charge in [0, 0.05) is 22.9 Å². The minimum Gasteiger partial charge on any atom is -0.396 e. The minimum atomic E-state index is -3.61. The van der Waals surface area contributed by atoms with Crippen LogP contribution in [0.25, 0.3) is 0 Å². The van der Waals surface area contributed by atoms with Crippen LogP contribution in [0.15, 0.2) is 53.4 Å². The lowest BCUT2D eigenvalue weighted by atomic mass is 10.0. The average molecular weight is 366 g/mol. The van der Waals surface area contributed by atoms with Crippen LogP contribution in [0.4, 0.5) is 0 Å². The van der Waals surface area contributed by atoms with Gasteiger partial charge in [-0.25, -0.2) is 8.42 Å². The average Bonchev–Trinajstić information content (AvgIpc) is 3.26. The van der Waals surface area contributed by atoms with E-state index in [4.69, 9.17) is 17.3 Å². The van der Waals surface area contributed by atoms with Gasteiger partial charge < -0.3 is 10.8 Å². The zero-order valence-electron chi connectivity index (χ0n) is 13.3. The maximum atomic E-state index is 13.1. The van der Waals surface area contributed by atoms with Crippen molar-refractivity contribution in [2.24, 2.45) is 11.1 Å². The van der Waals surface area contributed by atoms with Gasteiger partial charge in [0.15, 0.2) is 9.84 Å². The number of nitrogens with two attached hydrogens (primary N) is 1. The van der Waals surface area contributed by atoms with Crippen molar-refractivity contribution in [1.82, 2.24) is 0 Å². The lowest BCUT2D eigenvalue weighted by Crippen LogP contribution is -2.27. The molecule has 24 heavy (non-hydrogen) atoms. The Labute approximate surface area is 147 Å². The molecule has 128 valence electrons. The van der Waals surface area contributed by atoms with Crippen LogP contribution in [0.1, 0.15) is 17.0 Å². The van der Waals surface area contributed by atoms with E-state index in [9.17, 15) is 13.5 Å². The molecule has 3 atom stereocenters. The molecular formula is C18H20ClNO3S. The molecule has 0 radical (unpaired) electrons. The van der Waals surface area contributed by atoms with Crippen LogP contribution < -0.4 is 5.73 Å². The highest BCUT2D eigenvalue weighted by Crippen LogP contribution is 2.63. The van der Waals surface area contributed by atoms with Crippen molar-refractivity contribution in [3.05, 3.63) is 64.7 Å². The molecule has 1 aliphatic carbocycles. The summed E-state index contributed by atoms with van der Waals surface area (Å²) in [6.45, 7) is 1.72. The Hall–Kier alpha value is -1.40. The lowest BCUT2D eigenvalue weighted by molar-refractivity contribution is 0.212. The van der Waals surface area contributed by atoms with Crippen molar-refractivity contribution >= 4 is 21.4 Å². The molecule has 3 rings (SSSR count). The summed E-state index contributed by atoms with van der Waals surface area (Å²) in [5.41, 5.74) is 6.79. The van der Waals surface area contributed by atoms with E-state index in [0.717, 1.165) is 11.1 Å². The Kier molecular flexibility index (Phi) is 4.47. The van der Waals surface area contributed by atoms with Crippen LogP contribution in [0, 0.1) is 12.3 Å². The molecule has 1 fully saturated rings. The highest BCUT2D eigenvalue weighted by atomic mass is 35.5. The number of rotatable bonds is 5. The predicted molar refractivity (Wildman–Crippen MR) is 94.9 cm³/mol. The number of aliphatic hydroxyl groups is 1. The number of sulfone groups is 1. The van der Waals surface area contributed by atoms with Crippen molar-refractivity contribution in [2.75, 3.05) is 13.2 Å². The molecule has 1 aliphatic rings. The Morgan fingerprint density at radius 3 is 2.42 bits per heavy atom. The van der Waals surface area contributed by atoms with E-state index in [2.05, 4.69) is 0 Å². The molecule has 2 aromatic rings. The van der Waals surface area contributed by atoms with E-state index >= 15 is 0 Å². The van der Waals surface area contributed by atoms with Crippen LogP contribution in [-0.4, -0.2) is 31.9 Å². The second-order valence-electron chi connectivity index (χ2n) is 6.41. The zero-order chi connectivity index (χ0) is 17.5. The fourth-order valence-electron chi connectivity index (χ4n) is 3.52. The van der Waals surface area contributed by atoms with Gasteiger partial charge in [0.2, 0.25) is 0 Å². The predicted octanol–water partition coefficient (Wildman–Crippen LogP) is 2.53. The summed E-state index contributed by atoms with van der Waals surface area (Å²) in [5, 5.41) is 9.69. The minimum absolute atomic E-state index is 0.0937. The van der Waals surface area contributed by atoms with E-state index in [0.29, 0.717) is 5.02 Å². The Morgan fingerprint density at radius 2 is 1.88 bits per heavy atom. The smallest absolute Gasteiger partial charge is 0.182 e. The summed E-state index contributed by atoms with van der Waals surface area (Å²) >= 11 is 6.05. The number of aliphatic hydroxyl groups excluding tert-OH is 1. The van der Waals surface area contributed by atoms with Gasteiger partial charge in [-0.15, -0.1) is 0 Å². The number of aryl methyl sites for hydroxylation is 1. The highest BCUT2D eigenvalue weighted by Gasteiger charge is 2.70. The van der Waals surface area contributed by atoms with Crippen molar-refractivity contribution in [1.29, 1.82) is 0 Å². The molecule has 0 bridgehead atoms. The topological polar surface area (TPSA) is 80.4 Å². The van der Waals surface area contributed by atoms with Gasteiger partial charge in [0.25, 0.3) is 0 Å². The third-order valence-electron chi connectivity index (χ3n) is 4.95. The lowest BCUT2D eigenvalue weighted by Gasteiger charge is -2.12. The molecule has 3 N–H and O–H groups in total. The first-order chi connectivity index (χ1) is 11.4. The molecule has 0 amide bonds. The van der Waals surface area contributed by atoms with Crippen LogP contribution in [-0.2, 0) is 9.84 Å². The van der Waals surface area contributed by atoms with Crippen LogP contribution in [0.3, 0.4) is 0 Å². The van der Waals surface area contributed by atoms with Crippen LogP contribution in [0.2, 0.25) is 5.02 Å². The molecule has 0 aromatic heterocycles. The third kappa shape index (κ3) is 2.65. The summed E-state index contributed by atoms with van der Waals surface area (Å²) in [5.74, 6) is -0.363. The summed E-state index contributed by atoms with van der Waals surface area (Å²) in [6, 6.07) is 13.9. The highest BCUT2D eigenvalue weighted by molar-refractivity contribution is 7.92. The zero-order valence-corrected chi connectivity index (χ0v) is 14.9. The second-order valence-corrected chi connectivity index (χ2v) is 8.91. The number of hydrogen-bond donors (Lipinski definition) is 2. The van der Waals surface area contributed by atoms with E-state index in [1.807, 2.05) is 13.0 Å². The number of hydrogen-bond acceptors (Lipinski definition) is 4. The van der Waals surface area contributed by atoms with Crippen molar-refractivity contribution in [3.63, 3.8) is 0 Å². The maximum Gasteiger partial charge on any atom is 0.182 e. The molecule has 0 saturated heterocycles.